The quantitative estimate of drug-likeness (QED) is 0.487. The molecule has 0 N–H and O–H groups in total. The Morgan fingerprint density at radius 2 is 1.36 bits per heavy atom. The van der Waals surface area contributed by atoms with E-state index in [9.17, 15) is 4.79 Å². The van der Waals surface area contributed by atoms with Crippen molar-refractivity contribution < 1.29 is 4.79 Å². The number of anilines is 2. The lowest BCUT2D eigenvalue weighted by molar-refractivity contribution is -0.115. The molecule has 1 aliphatic rings. The summed E-state index contributed by atoms with van der Waals surface area (Å²) in [5.74, 6) is -0.542. The number of carbonyl (C=O) groups is 1. The minimum Gasteiger partial charge on any atom is -0.275 e. The van der Waals surface area contributed by atoms with Crippen LogP contribution in [0.3, 0.4) is 0 Å². The summed E-state index contributed by atoms with van der Waals surface area (Å²) in [7, 11) is 0. The van der Waals surface area contributed by atoms with Gasteiger partial charge in [-0.1, -0.05) is 58.2 Å². The predicted octanol–water partition coefficient (Wildman–Crippen LogP) is 6.67. The van der Waals surface area contributed by atoms with Crippen LogP contribution in [-0.2, 0) is 4.79 Å². The minimum absolute atomic E-state index is 0.207. The molecule has 22 heavy (non-hydrogen) atoms. The molecule has 114 valence electrons. The number of halogens is 5. The Morgan fingerprint density at radius 3 is 1.77 bits per heavy atom. The van der Waals surface area contributed by atoms with Crippen molar-refractivity contribution in [3.63, 3.8) is 0 Å². The van der Waals surface area contributed by atoms with Crippen molar-refractivity contribution in [1.82, 2.24) is 0 Å². The highest BCUT2D eigenvalue weighted by Crippen LogP contribution is 2.54. The van der Waals surface area contributed by atoms with E-state index in [1.807, 2.05) is 0 Å². The highest BCUT2D eigenvalue weighted by Gasteiger charge is 2.32. The molecule has 0 saturated heterocycles. The van der Waals surface area contributed by atoms with E-state index in [1.54, 1.807) is 24.3 Å². The number of carbonyl (C=O) groups excluding carboxylic acids is 1. The monoisotopic (exact) mass is 411 g/mol. The van der Waals surface area contributed by atoms with E-state index in [-0.39, 0.29) is 11.8 Å². The van der Waals surface area contributed by atoms with Crippen LogP contribution in [0.2, 0.25) is 20.1 Å². The van der Waals surface area contributed by atoms with Crippen molar-refractivity contribution in [1.29, 1.82) is 0 Å². The van der Waals surface area contributed by atoms with E-state index >= 15 is 0 Å². The van der Waals surface area contributed by atoms with E-state index in [4.69, 9.17) is 58.0 Å². The number of amides is 1. The summed E-state index contributed by atoms with van der Waals surface area (Å²) >= 11 is 31.8. The van der Waals surface area contributed by atoms with Crippen LogP contribution in [0.25, 0.3) is 0 Å². The van der Waals surface area contributed by atoms with E-state index in [0.29, 0.717) is 31.5 Å². The lowest BCUT2D eigenvalue weighted by Crippen LogP contribution is -2.30. The minimum atomic E-state index is -0.335. The average molecular weight is 414 g/mol. The van der Waals surface area contributed by atoms with Gasteiger partial charge < -0.3 is 0 Å². The molecule has 1 amide bonds. The van der Waals surface area contributed by atoms with Gasteiger partial charge in [-0.3, -0.25) is 9.69 Å². The maximum Gasteiger partial charge on any atom is 0.246 e. The lowest BCUT2D eigenvalue weighted by atomic mass is 10.2. The molecule has 0 spiro atoms. The Balaban J connectivity index is 2.32. The highest BCUT2D eigenvalue weighted by molar-refractivity contribution is 7.99. The summed E-state index contributed by atoms with van der Waals surface area (Å²) in [5.41, 5.74) is 1.05. The zero-order valence-corrected chi connectivity index (χ0v) is 15.3. The van der Waals surface area contributed by atoms with Crippen LogP contribution in [0, 0.1) is 0 Å². The number of nitrogens with zero attached hydrogens (tertiary/aromatic N) is 1. The van der Waals surface area contributed by atoms with Crippen molar-refractivity contribution in [2.75, 3.05) is 10.8 Å². The molecule has 0 radical (unpaired) electrons. The third-order valence-corrected chi connectivity index (χ3v) is 5.32. The molecular formula is C14H6Cl5NOS. The SMILES string of the molecule is O=C(CCl)N1c2c(Cl)cc(Cl)cc2Sc2cc(Cl)cc(Cl)c21. The molecule has 2 aromatic carbocycles. The summed E-state index contributed by atoms with van der Waals surface area (Å²) in [4.78, 5) is 15.3. The zero-order valence-electron chi connectivity index (χ0n) is 10.7. The molecular weight excluding hydrogens is 407 g/mol. The number of benzene rings is 2. The van der Waals surface area contributed by atoms with Crippen LogP contribution in [0.4, 0.5) is 11.4 Å². The van der Waals surface area contributed by atoms with Gasteiger partial charge in [0, 0.05) is 19.8 Å². The Morgan fingerprint density at radius 1 is 0.909 bits per heavy atom. The number of fused-ring (bicyclic) bond motifs is 2. The average Bonchev–Trinajstić information content (AvgIpc) is 2.43. The third-order valence-electron chi connectivity index (χ3n) is 3.02. The third kappa shape index (κ3) is 2.79. The fourth-order valence-corrected chi connectivity index (χ4v) is 4.94. The summed E-state index contributed by atoms with van der Waals surface area (Å²) in [6.07, 6.45) is 0. The van der Waals surface area contributed by atoms with Crippen molar-refractivity contribution in [3.8, 4) is 0 Å². The van der Waals surface area contributed by atoms with Gasteiger partial charge in [0.2, 0.25) is 5.91 Å². The number of hydrogen-bond donors (Lipinski definition) is 0. The number of alkyl halides is 1. The van der Waals surface area contributed by atoms with E-state index in [2.05, 4.69) is 0 Å². The van der Waals surface area contributed by atoms with Gasteiger partial charge in [-0.15, -0.1) is 11.6 Å². The van der Waals surface area contributed by atoms with Crippen LogP contribution >= 0.6 is 69.8 Å². The van der Waals surface area contributed by atoms with Crippen LogP contribution in [0.5, 0.6) is 0 Å². The van der Waals surface area contributed by atoms with Gasteiger partial charge >= 0.3 is 0 Å². The number of rotatable bonds is 1. The summed E-state index contributed by atoms with van der Waals surface area (Å²) in [6, 6.07) is 6.62. The summed E-state index contributed by atoms with van der Waals surface area (Å²) in [5, 5.41) is 1.66. The molecule has 2 aromatic rings. The molecule has 0 unspecified atom stereocenters. The van der Waals surface area contributed by atoms with Crippen LogP contribution < -0.4 is 4.90 Å². The maximum absolute atomic E-state index is 12.4. The Bertz CT molecular complexity index is 738. The fraction of sp³-hybridized carbons (Fsp3) is 0.0714. The van der Waals surface area contributed by atoms with Crippen molar-refractivity contribution in [3.05, 3.63) is 44.4 Å². The van der Waals surface area contributed by atoms with Gasteiger partial charge in [0.1, 0.15) is 5.88 Å². The van der Waals surface area contributed by atoms with Crippen molar-refractivity contribution in [2.45, 2.75) is 9.79 Å². The highest BCUT2D eigenvalue weighted by atomic mass is 35.5. The van der Waals surface area contributed by atoms with Crippen LogP contribution in [-0.4, -0.2) is 11.8 Å². The summed E-state index contributed by atoms with van der Waals surface area (Å²) < 4.78 is 0. The first-order chi connectivity index (χ1) is 10.4. The second-order valence-corrected chi connectivity index (χ2v) is 7.47. The summed E-state index contributed by atoms with van der Waals surface area (Å²) in [6.45, 7) is 0. The standard InChI is InChI=1S/C14H6Cl5NOS/c15-5-12(21)20-13-8(18)1-6(16)3-10(13)22-11-4-7(17)2-9(19)14(11)20/h1-4H,5H2. The number of hydrogen-bond acceptors (Lipinski definition) is 2. The fourth-order valence-electron chi connectivity index (χ4n) is 2.21. The maximum atomic E-state index is 12.4. The van der Waals surface area contributed by atoms with Gasteiger partial charge in [0.25, 0.3) is 0 Å². The second kappa shape index (κ2) is 6.31. The molecule has 0 atom stereocenters. The van der Waals surface area contributed by atoms with E-state index < -0.39 is 0 Å². The topological polar surface area (TPSA) is 20.3 Å². The van der Waals surface area contributed by atoms with Gasteiger partial charge in [0.05, 0.1) is 21.4 Å². The van der Waals surface area contributed by atoms with E-state index in [0.717, 1.165) is 9.79 Å². The second-order valence-electron chi connectivity index (χ2n) is 4.43. The molecule has 0 aromatic heterocycles. The zero-order chi connectivity index (χ0) is 16.0. The first-order valence-corrected chi connectivity index (χ1v) is 8.83. The molecule has 2 nitrogen and oxygen atoms in total. The smallest absolute Gasteiger partial charge is 0.246 e. The van der Waals surface area contributed by atoms with Crippen molar-refractivity contribution in [2.24, 2.45) is 0 Å². The first-order valence-electron chi connectivity index (χ1n) is 5.97. The van der Waals surface area contributed by atoms with Gasteiger partial charge in [0.15, 0.2) is 0 Å². The molecule has 0 bridgehead atoms. The largest absolute Gasteiger partial charge is 0.275 e. The molecule has 0 aliphatic carbocycles. The van der Waals surface area contributed by atoms with Gasteiger partial charge in [-0.05, 0) is 24.3 Å². The molecule has 0 fully saturated rings. The van der Waals surface area contributed by atoms with Gasteiger partial charge in [-0.2, -0.15) is 0 Å². The van der Waals surface area contributed by atoms with Crippen molar-refractivity contribution >= 4 is 87.0 Å². The Labute approximate surface area is 156 Å². The molecule has 3 rings (SSSR count). The van der Waals surface area contributed by atoms with E-state index in [1.165, 1.54) is 16.7 Å². The predicted molar refractivity (Wildman–Crippen MR) is 94.9 cm³/mol. The first kappa shape index (κ1) is 16.6. The molecule has 0 saturated carbocycles. The van der Waals surface area contributed by atoms with Gasteiger partial charge in [-0.25, -0.2) is 0 Å². The van der Waals surface area contributed by atoms with Crippen LogP contribution in [0.1, 0.15) is 0 Å². The lowest BCUT2D eigenvalue weighted by Gasteiger charge is -2.32. The molecule has 1 aliphatic heterocycles. The normalized spacial score (nSPS) is 12.9. The Hall–Kier alpha value is -0.290. The van der Waals surface area contributed by atoms with Crippen LogP contribution in [0.15, 0.2) is 34.1 Å². The molecule has 8 heteroatoms. The Kier molecular flexibility index (Phi) is 4.75. The molecule has 1 heterocycles.